The number of piperidine rings is 1. The first kappa shape index (κ1) is 18.7. The molecule has 0 aromatic rings. The summed E-state index contributed by atoms with van der Waals surface area (Å²) < 4.78 is 5.37. The molecule has 1 rings (SSSR count). The van der Waals surface area contributed by atoms with Crippen LogP contribution in [0.2, 0.25) is 0 Å². The minimum Gasteiger partial charge on any atom is -0.444 e. The van der Waals surface area contributed by atoms with Gasteiger partial charge in [0.2, 0.25) is 5.91 Å². The lowest BCUT2D eigenvalue weighted by Gasteiger charge is -2.33. The highest BCUT2D eigenvalue weighted by atomic mass is 16.6. The normalized spacial score (nSPS) is 17.3. The molecule has 128 valence electrons. The second kappa shape index (κ2) is 7.31. The van der Waals surface area contributed by atoms with Crippen LogP contribution in [0.25, 0.3) is 0 Å². The van der Waals surface area contributed by atoms with Crippen LogP contribution in [0.15, 0.2) is 0 Å². The molecule has 0 unspecified atom stereocenters. The average molecular weight is 313 g/mol. The lowest BCUT2D eigenvalue weighted by atomic mass is 10.1. The fraction of sp³-hybridized carbons (Fsp3) is 0.875. The van der Waals surface area contributed by atoms with Crippen molar-refractivity contribution in [2.24, 2.45) is 0 Å². The molecule has 0 radical (unpaired) electrons. The number of carbonyl (C=O) groups is 2. The van der Waals surface area contributed by atoms with Gasteiger partial charge in [0.15, 0.2) is 0 Å². The minimum absolute atomic E-state index is 0.00192. The molecule has 1 aliphatic rings. The molecule has 1 fully saturated rings. The van der Waals surface area contributed by atoms with E-state index in [2.05, 4.69) is 10.6 Å². The van der Waals surface area contributed by atoms with Gasteiger partial charge in [-0.05, 0) is 54.4 Å². The van der Waals surface area contributed by atoms with Gasteiger partial charge in [-0.2, -0.15) is 0 Å². The Bertz CT molecular complexity index is 388. The molecule has 6 heteroatoms. The summed E-state index contributed by atoms with van der Waals surface area (Å²) in [4.78, 5) is 25.5. The predicted octanol–water partition coefficient (Wildman–Crippen LogP) is 1.89. The van der Waals surface area contributed by atoms with Crippen molar-refractivity contribution < 1.29 is 14.3 Å². The average Bonchev–Trinajstić information content (AvgIpc) is 2.33. The third-order valence-corrected chi connectivity index (χ3v) is 3.21. The summed E-state index contributed by atoms with van der Waals surface area (Å²) in [6, 6.07) is 0.268. The van der Waals surface area contributed by atoms with E-state index in [-0.39, 0.29) is 23.6 Å². The van der Waals surface area contributed by atoms with Crippen molar-refractivity contribution in [2.75, 3.05) is 19.6 Å². The zero-order valence-electron chi connectivity index (χ0n) is 14.8. The summed E-state index contributed by atoms with van der Waals surface area (Å²) in [6.45, 7) is 13.1. The van der Waals surface area contributed by atoms with Gasteiger partial charge in [-0.15, -0.1) is 0 Å². The fourth-order valence-corrected chi connectivity index (χ4v) is 2.29. The van der Waals surface area contributed by atoms with Gasteiger partial charge in [-0.3, -0.25) is 4.79 Å². The van der Waals surface area contributed by atoms with E-state index in [1.807, 2.05) is 41.5 Å². The van der Waals surface area contributed by atoms with Gasteiger partial charge < -0.3 is 20.3 Å². The van der Waals surface area contributed by atoms with Gasteiger partial charge in [0.05, 0.1) is 6.54 Å². The van der Waals surface area contributed by atoms with Crippen LogP contribution in [-0.4, -0.2) is 53.7 Å². The fourth-order valence-electron chi connectivity index (χ4n) is 2.29. The topological polar surface area (TPSA) is 70.7 Å². The second-order valence-corrected chi connectivity index (χ2v) is 7.92. The summed E-state index contributed by atoms with van der Waals surface area (Å²) in [5, 5.41) is 6.19. The van der Waals surface area contributed by atoms with Crippen molar-refractivity contribution in [3.8, 4) is 0 Å². The molecule has 1 heterocycles. The van der Waals surface area contributed by atoms with E-state index in [4.69, 9.17) is 4.74 Å². The summed E-state index contributed by atoms with van der Waals surface area (Å²) in [5.41, 5.74) is -0.671. The third-order valence-electron chi connectivity index (χ3n) is 3.21. The van der Waals surface area contributed by atoms with E-state index in [0.29, 0.717) is 19.6 Å². The Morgan fingerprint density at radius 1 is 1.09 bits per heavy atom. The van der Waals surface area contributed by atoms with E-state index in [1.54, 1.807) is 4.90 Å². The quantitative estimate of drug-likeness (QED) is 0.835. The van der Waals surface area contributed by atoms with Crippen molar-refractivity contribution in [2.45, 2.75) is 71.6 Å². The Morgan fingerprint density at radius 2 is 1.64 bits per heavy atom. The lowest BCUT2D eigenvalue weighted by molar-refractivity contribution is -0.121. The first-order valence-electron chi connectivity index (χ1n) is 7.98. The SMILES string of the molecule is CC(C)(C)NC(=O)CNC1CCN(C(=O)OC(C)(C)C)CC1. The molecule has 0 aromatic carbocycles. The van der Waals surface area contributed by atoms with E-state index in [9.17, 15) is 9.59 Å². The molecule has 0 spiro atoms. The molecule has 22 heavy (non-hydrogen) atoms. The second-order valence-electron chi connectivity index (χ2n) is 7.92. The zero-order valence-corrected chi connectivity index (χ0v) is 14.8. The maximum Gasteiger partial charge on any atom is 0.410 e. The summed E-state index contributed by atoms with van der Waals surface area (Å²) in [7, 11) is 0. The van der Waals surface area contributed by atoms with Crippen molar-refractivity contribution in [1.29, 1.82) is 0 Å². The standard InChI is InChI=1S/C16H31N3O3/c1-15(2,3)18-13(20)11-17-12-7-9-19(10-8-12)14(21)22-16(4,5)6/h12,17H,7-11H2,1-6H3,(H,18,20). The Kier molecular flexibility index (Phi) is 6.23. The number of likely N-dealkylation sites (tertiary alicyclic amines) is 1. The molecule has 0 aliphatic carbocycles. The maximum atomic E-state index is 12.0. The summed E-state index contributed by atoms with van der Waals surface area (Å²) in [5.74, 6) is 0.00192. The van der Waals surface area contributed by atoms with Gasteiger partial charge in [-0.1, -0.05) is 0 Å². The Labute approximate surface area is 134 Å². The molecule has 2 amide bonds. The highest BCUT2D eigenvalue weighted by Gasteiger charge is 2.27. The maximum absolute atomic E-state index is 12.0. The molecule has 6 nitrogen and oxygen atoms in total. The van der Waals surface area contributed by atoms with Gasteiger partial charge in [0.25, 0.3) is 0 Å². The minimum atomic E-state index is -0.461. The Balaban J connectivity index is 2.28. The lowest BCUT2D eigenvalue weighted by Crippen LogP contribution is -2.50. The number of carbonyl (C=O) groups excluding carboxylic acids is 2. The molecule has 0 aromatic heterocycles. The molecule has 1 aliphatic heterocycles. The first-order chi connectivity index (χ1) is 9.96. The van der Waals surface area contributed by atoms with Crippen LogP contribution in [0.4, 0.5) is 4.79 Å². The van der Waals surface area contributed by atoms with Crippen molar-refractivity contribution >= 4 is 12.0 Å². The number of amides is 2. The molecule has 1 saturated heterocycles. The first-order valence-corrected chi connectivity index (χ1v) is 7.98. The number of rotatable bonds is 3. The summed E-state index contributed by atoms with van der Waals surface area (Å²) >= 11 is 0. The number of hydrogen-bond acceptors (Lipinski definition) is 4. The van der Waals surface area contributed by atoms with E-state index < -0.39 is 5.60 Å². The number of ether oxygens (including phenoxy) is 1. The van der Waals surface area contributed by atoms with E-state index in [1.165, 1.54) is 0 Å². The van der Waals surface area contributed by atoms with Crippen LogP contribution < -0.4 is 10.6 Å². The van der Waals surface area contributed by atoms with Crippen LogP contribution in [0.3, 0.4) is 0 Å². The van der Waals surface area contributed by atoms with Gasteiger partial charge in [0.1, 0.15) is 5.60 Å². The van der Waals surface area contributed by atoms with Crippen LogP contribution in [0, 0.1) is 0 Å². The van der Waals surface area contributed by atoms with Gasteiger partial charge in [-0.25, -0.2) is 4.79 Å². The Morgan fingerprint density at radius 3 is 2.09 bits per heavy atom. The highest BCUT2D eigenvalue weighted by Crippen LogP contribution is 2.15. The smallest absolute Gasteiger partial charge is 0.410 e. The predicted molar refractivity (Wildman–Crippen MR) is 86.7 cm³/mol. The molecule has 0 atom stereocenters. The van der Waals surface area contributed by atoms with Crippen LogP contribution in [-0.2, 0) is 9.53 Å². The largest absolute Gasteiger partial charge is 0.444 e. The third kappa shape index (κ3) is 7.64. The molecule has 0 saturated carbocycles. The molecule has 0 bridgehead atoms. The summed E-state index contributed by atoms with van der Waals surface area (Å²) in [6.07, 6.45) is 1.42. The van der Waals surface area contributed by atoms with Gasteiger partial charge >= 0.3 is 6.09 Å². The van der Waals surface area contributed by atoms with Crippen LogP contribution in [0.1, 0.15) is 54.4 Å². The monoisotopic (exact) mass is 313 g/mol. The molecular weight excluding hydrogens is 282 g/mol. The van der Waals surface area contributed by atoms with Crippen molar-refractivity contribution in [3.05, 3.63) is 0 Å². The number of nitrogens with one attached hydrogen (secondary N) is 2. The van der Waals surface area contributed by atoms with Crippen LogP contribution in [0.5, 0.6) is 0 Å². The highest BCUT2D eigenvalue weighted by molar-refractivity contribution is 5.78. The Hall–Kier alpha value is -1.30. The van der Waals surface area contributed by atoms with Crippen LogP contribution >= 0.6 is 0 Å². The van der Waals surface area contributed by atoms with E-state index >= 15 is 0 Å². The van der Waals surface area contributed by atoms with Crippen molar-refractivity contribution in [3.63, 3.8) is 0 Å². The zero-order chi connectivity index (χ0) is 17.0. The van der Waals surface area contributed by atoms with Gasteiger partial charge in [0, 0.05) is 24.7 Å². The molecular formula is C16H31N3O3. The number of nitrogens with zero attached hydrogens (tertiary/aromatic N) is 1. The molecule has 2 N–H and O–H groups in total. The number of hydrogen-bond donors (Lipinski definition) is 2. The van der Waals surface area contributed by atoms with E-state index in [0.717, 1.165) is 12.8 Å². The van der Waals surface area contributed by atoms with Crippen molar-refractivity contribution in [1.82, 2.24) is 15.5 Å².